The zero-order valence-electron chi connectivity index (χ0n) is 10.7. The van der Waals surface area contributed by atoms with Gasteiger partial charge in [-0.2, -0.15) is 0 Å². The SMILES string of the molecule is Nc1cc(Cl)c(Cl)c(C(=O)Nc2ccc3c(c2)OCO3)c1. The summed E-state index contributed by atoms with van der Waals surface area (Å²) >= 11 is 11.9. The highest BCUT2D eigenvalue weighted by atomic mass is 35.5. The Morgan fingerprint density at radius 1 is 1.14 bits per heavy atom. The minimum absolute atomic E-state index is 0.157. The van der Waals surface area contributed by atoms with Gasteiger partial charge < -0.3 is 20.5 Å². The molecule has 21 heavy (non-hydrogen) atoms. The number of rotatable bonds is 2. The molecule has 1 heterocycles. The van der Waals surface area contributed by atoms with Crippen molar-refractivity contribution in [3.8, 4) is 11.5 Å². The number of hydrogen-bond donors (Lipinski definition) is 2. The van der Waals surface area contributed by atoms with Crippen LogP contribution in [0.3, 0.4) is 0 Å². The summed E-state index contributed by atoms with van der Waals surface area (Å²) in [6.07, 6.45) is 0. The van der Waals surface area contributed by atoms with Gasteiger partial charge >= 0.3 is 0 Å². The number of fused-ring (bicyclic) bond motifs is 1. The summed E-state index contributed by atoms with van der Waals surface area (Å²) in [5, 5.41) is 3.10. The first kappa shape index (κ1) is 13.9. The summed E-state index contributed by atoms with van der Waals surface area (Å²) in [6, 6.07) is 8.04. The molecule has 0 fully saturated rings. The zero-order chi connectivity index (χ0) is 15.0. The van der Waals surface area contributed by atoms with E-state index in [4.69, 9.17) is 38.4 Å². The lowest BCUT2D eigenvalue weighted by molar-refractivity contribution is 0.102. The Morgan fingerprint density at radius 3 is 2.71 bits per heavy atom. The molecule has 7 heteroatoms. The van der Waals surface area contributed by atoms with Crippen molar-refractivity contribution < 1.29 is 14.3 Å². The Bertz CT molecular complexity index is 734. The number of nitrogen functional groups attached to an aromatic ring is 1. The molecule has 0 aliphatic carbocycles. The fourth-order valence-electron chi connectivity index (χ4n) is 1.95. The van der Waals surface area contributed by atoms with E-state index in [1.54, 1.807) is 18.2 Å². The molecule has 2 aromatic carbocycles. The fraction of sp³-hybridized carbons (Fsp3) is 0.0714. The molecular weight excluding hydrogens is 315 g/mol. The van der Waals surface area contributed by atoms with Gasteiger partial charge in [0, 0.05) is 17.4 Å². The van der Waals surface area contributed by atoms with Crippen LogP contribution in [0, 0.1) is 0 Å². The topological polar surface area (TPSA) is 73.6 Å². The molecule has 1 aliphatic rings. The van der Waals surface area contributed by atoms with Crippen LogP contribution in [-0.4, -0.2) is 12.7 Å². The van der Waals surface area contributed by atoms with Crippen molar-refractivity contribution in [2.24, 2.45) is 0 Å². The van der Waals surface area contributed by atoms with Crippen molar-refractivity contribution in [2.45, 2.75) is 0 Å². The fourth-order valence-corrected chi connectivity index (χ4v) is 2.37. The van der Waals surface area contributed by atoms with Crippen LogP contribution in [0.5, 0.6) is 11.5 Å². The van der Waals surface area contributed by atoms with E-state index in [0.29, 0.717) is 22.9 Å². The number of nitrogens with two attached hydrogens (primary N) is 1. The van der Waals surface area contributed by atoms with E-state index >= 15 is 0 Å². The third-order valence-electron chi connectivity index (χ3n) is 2.93. The molecule has 2 aromatic rings. The average Bonchev–Trinajstić information content (AvgIpc) is 2.90. The van der Waals surface area contributed by atoms with Gasteiger partial charge in [0.2, 0.25) is 6.79 Å². The van der Waals surface area contributed by atoms with Gasteiger partial charge in [0.05, 0.1) is 15.6 Å². The van der Waals surface area contributed by atoms with Gasteiger partial charge in [0.1, 0.15) is 0 Å². The van der Waals surface area contributed by atoms with Gasteiger partial charge in [0.25, 0.3) is 5.91 Å². The number of amides is 1. The molecule has 3 N–H and O–H groups in total. The molecule has 0 radical (unpaired) electrons. The molecule has 1 amide bonds. The van der Waals surface area contributed by atoms with E-state index in [1.807, 2.05) is 0 Å². The Hall–Kier alpha value is -2.11. The van der Waals surface area contributed by atoms with Gasteiger partial charge in [-0.25, -0.2) is 0 Å². The Kier molecular flexibility index (Phi) is 3.53. The Labute approximate surface area is 130 Å². The molecule has 0 atom stereocenters. The molecule has 0 saturated carbocycles. The van der Waals surface area contributed by atoms with Gasteiger partial charge in [-0.3, -0.25) is 4.79 Å². The lowest BCUT2D eigenvalue weighted by Crippen LogP contribution is -2.13. The number of carbonyl (C=O) groups excluding carboxylic acids is 1. The minimum Gasteiger partial charge on any atom is -0.454 e. The monoisotopic (exact) mass is 324 g/mol. The van der Waals surface area contributed by atoms with Gasteiger partial charge in [-0.15, -0.1) is 0 Å². The number of carbonyl (C=O) groups is 1. The minimum atomic E-state index is -0.409. The second kappa shape index (κ2) is 5.35. The van der Waals surface area contributed by atoms with E-state index in [1.165, 1.54) is 12.1 Å². The molecule has 0 aromatic heterocycles. The maximum absolute atomic E-state index is 12.3. The highest BCUT2D eigenvalue weighted by Crippen LogP contribution is 2.35. The number of halogens is 2. The molecule has 0 saturated heterocycles. The van der Waals surface area contributed by atoms with Crippen LogP contribution in [-0.2, 0) is 0 Å². The predicted octanol–water partition coefficient (Wildman–Crippen LogP) is 3.56. The van der Waals surface area contributed by atoms with Gasteiger partial charge in [-0.05, 0) is 24.3 Å². The van der Waals surface area contributed by atoms with Crippen LogP contribution < -0.4 is 20.5 Å². The van der Waals surface area contributed by atoms with Gasteiger partial charge in [-0.1, -0.05) is 23.2 Å². The standard InChI is InChI=1S/C14H10Cl2N2O3/c15-10-4-7(17)3-9(13(10)16)14(19)18-8-1-2-11-12(5-8)21-6-20-11/h1-5H,6,17H2,(H,18,19). The van der Waals surface area contributed by atoms with E-state index in [0.717, 1.165) is 0 Å². The lowest BCUT2D eigenvalue weighted by Gasteiger charge is -2.09. The van der Waals surface area contributed by atoms with E-state index in [9.17, 15) is 4.79 Å². The number of anilines is 2. The van der Waals surface area contributed by atoms with Crippen LogP contribution in [0.1, 0.15) is 10.4 Å². The van der Waals surface area contributed by atoms with Crippen molar-refractivity contribution in [3.05, 3.63) is 45.9 Å². The molecular formula is C14H10Cl2N2O3. The Balaban J connectivity index is 1.87. The highest BCUT2D eigenvalue weighted by molar-refractivity contribution is 6.44. The summed E-state index contributed by atoms with van der Waals surface area (Å²) in [5.74, 6) is 0.801. The van der Waals surface area contributed by atoms with Crippen LogP contribution in [0.25, 0.3) is 0 Å². The predicted molar refractivity (Wildman–Crippen MR) is 81.4 cm³/mol. The van der Waals surface area contributed by atoms with Crippen LogP contribution >= 0.6 is 23.2 Å². The van der Waals surface area contributed by atoms with Crippen LogP contribution in [0.15, 0.2) is 30.3 Å². The average molecular weight is 325 g/mol. The van der Waals surface area contributed by atoms with Gasteiger partial charge in [0.15, 0.2) is 11.5 Å². The first-order valence-corrected chi connectivity index (χ1v) is 6.76. The highest BCUT2D eigenvalue weighted by Gasteiger charge is 2.17. The van der Waals surface area contributed by atoms with Crippen LogP contribution in [0.2, 0.25) is 10.0 Å². The van der Waals surface area contributed by atoms with Crippen molar-refractivity contribution >= 4 is 40.5 Å². The Morgan fingerprint density at radius 2 is 1.90 bits per heavy atom. The molecule has 0 spiro atoms. The normalized spacial score (nSPS) is 12.3. The molecule has 1 aliphatic heterocycles. The number of ether oxygens (including phenoxy) is 2. The van der Waals surface area contributed by atoms with Crippen molar-refractivity contribution in [1.29, 1.82) is 0 Å². The number of nitrogens with one attached hydrogen (secondary N) is 1. The second-order valence-corrected chi connectivity index (χ2v) is 5.17. The molecule has 0 unspecified atom stereocenters. The van der Waals surface area contributed by atoms with E-state index < -0.39 is 5.91 Å². The van der Waals surface area contributed by atoms with Crippen LogP contribution in [0.4, 0.5) is 11.4 Å². The molecule has 3 rings (SSSR count). The maximum Gasteiger partial charge on any atom is 0.257 e. The van der Waals surface area contributed by atoms with Crippen molar-refractivity contribution in [2.75, 3.05) is 17.8 Å². The summed E-state index contributed by atoms with van der Waals surface area (Å²) < 4.78 is 10.5. The van der Waals surface area contributed by atoms with Crippen molar-refractivity contribution in [1.82, 2.24) is 0 Å². The summed E-state index contributed by atoms with van der Waals surface area (Å²) in [5.41, 5.74) is 6.80. The maximum atomic E-state index is 12.3. The summed E-state index contributed by atoms with van der Waals surface area (Å²) in [4.78, 5) is 12.3. The summed E-state index contributed by atoms with van der Waals surface area (Å²) in [6.45, 7) is 0.170. The molecule has 108 valence electrons. The summed E-state index contributed by atoms with van der Waals surface area (Å²) in [7, 11) is 0. The molecule has 5 nitrogen and oxygen atoms in total. The number of benzene rings is 2. The third kappa shape index (κ3) is 2.70. The largest absolute Gasteiger partial charge is 0.454 e. The molecule has 0 bridgehead atoms. The van der Waals surface area contributed by atoms with E-state index in [-0.39, 0.29) is 22.4 Å². The third-order valence-corrected chi connectivity index (χ3v) is 3.73. The second-order valence-electron chi connectivity index (χ2n) is 4.39. The first-order valence-electron chi connectivity index (χ1n) is 6.00. The van der Waals surface area contributed by atoms with E-state index in [2.05, 4.69) is 5.32 Å². The number of hydrogen-bond acceptors (Lipinski definition) is 4. The van der Waals surface area contributed by atoms with Crippen molar-refractivity contribution in [3.63, 3.8) is 0 Å². The smallest absolute Gasteiger partial charge is 0.257 e. The quantitative estimate of drug-likeness (QED) is 0.828. The first-order chi connectivity index (χ1) is 10.0. The zero-order valence-corrected chi connectivity index (χ0v) is 12.2. The lowest BCUT2D eigenvalue weighted by atomic mass is 10.1.